The van der Waals surface area contributed by atoms with Crippen molar-refractivity contribution in [2.75, 3.05) is 0 Å². The zero-order valence-corrected chi connectivity index (χ0v) is 16.0. The molecule has 9 atom stereocenters. The summed E-state index contributed by atoms with van der Waals surface area (Å²) in [6.07, 6.45) is 2.34. The number of halogens is 1. The summed E-state index contributed by atoms with van der Waals surface area (Å²) in [5.74, 6) is -1.84. The molecule has 2 N–H and O–H groups in total. The van der Waals surface area contributed by atoms with Gasteiger partial charge in [0.2, 0.25) is 0 Å². The van der Waals surface area contributed by atoms with Crippen molar-refractivity contribution in [2.45, 2.75) is 76.4 Å². The summed E-state index contributed by atoms with van der Waals surface area (Å²) in [6, 6.07) is 0. The van der Waals surface area contributed by atoms with Gasteiger partial charge in [-0.15, -0.1) is 0 Å². The lowest BCUT2D eigenvalue weighted by atomic mass is 9.45. The third-order valence-corrected chi connectivity index (χ3v) is 9.23. The number of epoxide rings is 1. The van der Waals surface area contributed by atoms with Crippen LogP contribution in [-0.4, -0.2) is 45.4 Å². The van der Waals surface area contributed by atoms with Crippen molar-refractivity contribution in [3.05, 3.63) is 11.6 Å². The number of ketones is 1. The van der Waals surface area contributed by atoms with Crippen molar-refractivity contribution in [1.29, 1.82) is 0 Å². The molecular formula is C21H27FO5. The van der Waals surface area contributed by atoms with Crippen LogP contribution in [0, 0.1) is 28.6 Å². The molecule has 0 aromatic heterocycles. The molecule has 0 radical (unpaired) electrons. The molecule has 27 heavy (non-hydrogen) atoms. The van der Waals surface area contributed by atoms with E-state index in [9.17, 15) is 19.8 Å². The van der Waals surface area contributed by atoms with E-state index in [2.05, 4.69) is 0 Å². The molecule has 4 fully saturated rings. The second-order valence-electron chi connectivity index (χ2n) is 10.0. The van der Waals surface area contributed by atoms with Crippen LogP contribution >= 0.6 is 0 Å². The Hall–Kier alpha value is -1.27. The number of aliphatic carboxylic acids is 1. The number of rotatable bonds is 1. The quantitative estimate of drug-likeness (QED) is 0.685. The Bertz CT molecular complexity index is 793. The van der Waals surface area contributed by atoms with Gasteiger partial charge in [-0.25, -0.2) is 9.18 Å². The topological polar surface area (TPSA) is 87.1 Å². The van der Waals surface area contributed by atoms with E-state index in [-0.39, 0.29) is 30.1 Å². The molecule has 3 saturated carbocycles. The SMILES string of the molecule is C[C@@H]1CC2C3C[C@H](F)C4=CC(=O)CC[C@]4(C)[C@@]34O[C@H]4C[C@]2(C)[C@@]1(O)C(=O)O. The second kappa shape index (κ2) is 4.82. The zero-order chi connectivity index (χ0) is 19.6. The van der Waals surface area contributed by atoms with Gasteiger partial charge in [0.05, 0.1) is 6.10 Å². The van der Waals surface area contributed by atoms with Crippen molar-refractivity contribution >= 4 is 11.8 Å². The standard InChI is InChI=1S/C21H27FO5/c1-10-6-12-13-8-15(22)14-7-11(23)4-5-18(14,2)21(13)16(27-21)9-19(12,3)20(10,26)17(24)25/h7,10,12-13,15-16,26H,4-6,8-9H2,1-3H3,(H,24,25)/t10-,12?,13?,15+,16+,18+,19+,20+,21-/m1/s1. The average Bonchev–Trinajstić information content (AvgIpc) is 3.27. The highest BCUT2D eigenvalue weighted by Gasteiger charge is 2.83. The Kier molecular flexibility index (Phi) is 3.18. The first-order chi connectivity index (χ1) is 12.5. The van der Waals surface area contributed by atoms with Crippen LogP contribution in [0.5, 0.6) is 0 Å². The highest BCUT2D eigenvalue weighted by Crippen LogP contribution is 2.77. The van der Waals surface area contributed by atoms with Crippen molar-refractivity contribution in [2.24, 2.45) is 28.6 Å². The molecule has 1 saturated heterocycles. The minimum absolute atomic E-state index is 0.0208. The fraction of sp³-hybridized carbons (Fsp3) is 0.810. The lowest BCUT2D eigenvalue weighted by Gasteiger charge is -2.56. The fourth-order valence-corrected chi connectivity index (χ4v) is 7.80. The predicted octanol–water partition coefficient (Wildman–Crippen LogP) is 2.66. The average molecular weight is 378 g/mol. The summed E-state index contributed by atoms with van der Waals surface area (Å²) in [4.78, 5) is 24.0. The first-order valence-electron chi connectivity index (χ1n) is 10.0. The van der Waals surface area contributed by atoms with Gasteiger partial charge in [0.1, 0.15) is 11.8 Å². The van der Waals surface area contributed by atoms with Gasteiger partial charge < -0.3 is 14.9 Å². The number of carbonyl (C=O) groups excluding carboxylic acids is 1. The fourth-order valence-electron chi connectivity index (χ4n) is 7.80. The molecule has 0 bridgehead atoms. The number of carboxylic acids is 1. The monoisotopic (exact) mass is 378 g/mol. The number of ether oxygens (including phenoxy) is 1. The molecule has 0 aromatic carbocycles. The predicted molar refractivity (Wildman–Crippen MR) is 93.6 cm³/mol. The minimum Gasteiger partial charge on any atom is -0.479 e. The first kappa shape index (κ1) is 17.8. The Morgan fingerprint density at radius 3 is 2.67 bits per heavy atom. The Morgan fingerprint density at radius 2 is 2.00 bits per heavy atom. The summed E-state index contributed by atoms with van der Waals surface area (Å²) in [6.45, 7) is 5.67. The van der Waals surface area contributed by atoms with Crippen LogP contribution < -0.4 is 0 Å². The van der Waals surface area contributed by atoms with E-state index >= 15 is 4.39 Å². The summed E-state index contributed by atoms with van der Waals surface area (Å²) in [5, 5.41) is 21.1. The van der Waals surface area contributed by atoms with Crippen LogP contribution in [0.3, 0.4) is 0 Å². The lowest BCUT2D eigenvalue weighted by molar-refractivity contribution is -0.184. The largest absolute Gasteiger partial charge is 0.479 e. The Morgan fingerprint density at radius 1 is 1.30 bits per heavy atom. The summed E-state index contributed by atoms with van der Waals surface area (Å²) < 4.78 is 21.6. The summed E-state index contributed by atoms with van der Waals surface area (Å²) >= 11 is 0. The number of hydrogen-bond donors (Lipinski definition) is 2. The van der Waals surface area contributed by atoms with Gasteiger partial charge in [0.15, 0.2) is 11.4 Å². The maximum Gasteiger partial charge on any atom is 0.336 e. The van der Waals surface area contributed by atoms with Gasteiger partial charge in [-0.2, -0.15) is 0 Å². The minimum atomic E-state index is -1.82. The molecule has 5 aliphatic rings. The van der Waals surface area contributed by atoms with E-state index in [0.717, 1.165) is 0 Å². The zero-order valence-electron chi connectivity index (χ0n) is 16.0. The highest BCUT2D eigenvalue weighted by molar-refractivity contribution is 5.92. The van der Waals surface area contributed by atoms with Crippen LogP contribution in [0.4, 0.5) is 4.39 Å². The lowest BCUT2D eigenvalue weighted by Crippen LogP contribution is -2.63. The van der Waals surface area contributed by atoms with Gasteiger partial charge >= 0.3 is 5.97 Å². The van der Waals surface area contributed by atoms with E-state index in [1.807, 2.05) is 13.8 Å². The third kappa shape index (κ3) is 1.70. The number of alkyl halides is 1. The molecule has 6 heteroatoms. The third-order valence-electron chi connectivity index (χ3n) is 9.23. The number of carboxylic acid groups (broad SMARTS) is 1. The molecule has 2 unspecified atom stereocenters. The van der Waals surface area contributed by atoms with E-state index in [1.54, 1.807) is 6.92 Å². The van der Waals surface area contributed by atoms with Gasteiger partial charge in [-0.3, -0.25) is 4.79 Å². The number of aliphatic hydroxyl groups is 1. The molecule has 1 aliphatic heterocycles. The number of hydrogen-bond acceptors (Lipinski definition) is 4. The molecular weight excluding hydrogens is 351 g/mol. The van der Waals surface area contributed by atoms with Crippen LogP contribution in [0.15, 0.2) is 11.6 Å². The first-order valence-corrected chi connectivity index (χ1v) is 10.0. The van der Waals surface area contributed by atoms with Crippen molar-refractivity contribution in [3.63, 3.8) is 0 Å². The van der Waals surface area contributed by atoms with Crippen LogP contribution in [0.25, 0.3) is 0 Å². The normalized spacial score (nSPS) is 58.5. The van der Waals surface area contributed by atoms with E-state index in [4.69, 9.17) is 4.74 Å². The van der Waals surface area contributed by atoms with Crippen LogP contribution in [-0.2, 0) is 14.3 Å². The molecule has 148 valence electrons. The molecule has 4 aliphatic carbocycles. The van der Waals surface area contributed by atoms with E-state index in [0.29, 0.717) is 31.3 Å². The second-order valence-corrected chi connectivity index (χ2v) is 10.0. The maximum absolute atomic E-state index is 15.3. The van der Waals surface area contributed by atoms with Crippen molar-refractivity contribution in [1.82, 2.24) is 0 Å². The smallest absolute Gasteiger partial charge is 0.336 e. The van der Waals surface area contributed by atoms with Gasteiger partial charge in [0, 0.05) is 17.3 Å². The summed E-state index contributed by atoms with van der Waals surface area (Å²) in [7, 11) is 0. The number of carbonyl (C=O) groups is 2. The van der Waals surface area contributed by atoms with Gasteiger partial charge in [-0.05, 0) is 55.1 Å². The van der Waals surface area contributed by atoms with Gasteiger partial charge in [0.25, 0.3) is 0 Å². The molecule has 5 rings (SSSR count). The molecule has 0 amide bonds. The molecule has 0 aromatic rings. The Labute approximate surface area is 158 Å². The number of fused-ring (bicyclic) bond motifs is 3. The molecule has 1 spiro atoms. The van der Waals surface area contributed by atoms with Crippen LogP contribution in [0.2, 0.25) is 0 Å². The Balaban J connectivity index is 1.63. The van der Waals surface area contributed by atoms with E-state index in [1.165, 1.54) is 6.08 Å². The maximum atomic E-state index is 15.3. The molecule has 1 heterocycles. The molecule has 5 nitrogen and oxygen atoms in total. The van der Waals surface area contributed by atoms with Crippen LogP contribution in [0.1, 0.15) is 52.9 Å². The van der Waals surface area contributed by atoms with Crippen molar-refractivity contribution in [3.8, 4) is 0 Å². The van der Waals surface area contributed by atoms with Gasteiger partial charge in [-0.1, -0.05) is 20.8 Å². The van der Waals surface area contributed by atoms with Crippen molar-refractivity contribution < 1.29 is 28.9 Å². The summed E-state index contributed by atoms with van der Waals surface area (Å²) in [5.41, 5.74) is -3.13. The van der Waals surface area contributed by atoms with E-state index < -0.39 is 40.1 Å². The highest BCUT2D eigenvalue weighted by atomic mass is 19.1.